The first-order chi connectivity index (χ1) is 9.54. The van der Waals surface area contributed by atoms with Crippen LogP contribution in [-0.4, -0.2) is 35.4 Å². The van der Waals surface area contributed by atoms with Crippen molar-refractivity contribution in [1.82, 2.24) is 5.06 Å². The molecule has 2 amide bonds. The minimum absolute atomic E-state index is 0.0889. The number of imide groups is 1. The summed E-state index contributed by atoms with van der Waals surface area (Å²) in [5.41, 5.74) is 0. The van der Waals surface area contributed by atoms with Gasteiger partial charge in [0.15, 0.2) is 0 Å². The molecule has 0 aromatic carbocycles. The number of ether oxygens (including phenoxy) is 1. The van der Waals surface area contributed by atoms with E-state index in [0.717, 1.165) is 0 Å². The van der Waals surface area contributed by atoms with Crippen molar-refractivity contribution in [1.29, 1.82) is 0 Å². The van der Waals surface area contributed by atoms with Crippen LogP contribution in [0, 0.1) is 0 Å². The zero-order valence-corrected chi connectivity index (χ0v) is 11.6. The zero-order valence-electron chi connectivity index (χ0n) is 11.6. The fourth-order valence-corrected chi connectivity index (χ4v) is 1.75. The third-order valence-corrected chi connectivity index (χ3v) is 2.77. The number of carbonyl (C=O) groups is 4. The first kappa shape index (κ1) is 16.1. The number of carbonyl (C=O) groups excluding carboxylic acids is 4. The Bertz CT molecular complexity index is 376. The average molecular weight is 285 g/mol. The van der Waals surface area contributed by atoms with Crippen molar-refractivity contribution in [2.75, 3.05) is 6.61 Å². The molecule has 1 saturated heterocycles. The molecule has 0 bridgehead atoms. The number of amides is 2. The van der Waals surface area contributed by atoms with Crippen molar-refractivity contribution in [3.63, 3.8) is 0 Å². The van der Waals surface area contributed by atoms with E-state index in [0.29, 0.717) is 37.4 Å². The van der Waals surface area contributed by atoms with Gasteiger partial charge < -0.3 is 9.57 Å². The highest BCUT2D eigenvalue weighted by Crippen LogP contribution is 2.13. The number of unbranched alkanes of at least 4 members (excludes halogenated alkanes) is 2. The molecule has 0 aliphatic carbocycles. The van der Waals surface area contributed by atoms with Crippen molar-refractivity contribution < 1.29 is 28.8 Å². The molecule has 0 radical (unpaired) electrons. The Labute approximate surface area is 117 Å². The summed E-state index contributed by atoms with van der Waals surface area (Å²) < 4.78 is 4.77. The molecule has 0 spiro atoms. The fraction of sp³-hybridized carbons (Fsp3) is 0.692. The molecule has 1 heterocycles. The highest BCUT2D eigenvalue weighted by Gasteiger charge is 2.32. The fourth-order valence-electron chi connectivity index (χ4n) is 1.75. The van der Waals surface area contributed by atoms with Crippen LogP contribution in [0.5, 0.6) is 0 Å². The maximum absolute atomic E-state index is 11.4. The third kappa shape index (κ3) is 5.38. The number of esters is 1. The maximum Gasteiger partial charge on any atom is 0.333 e. The van der Waals surface area contributed by atoms with Crippen LogP contribution in [0.2, 0.25) is 0 Å². The van der Waals surface area contributed by atoms with E-state index in [-0.39, 0.29) is 25.2 Å². The van der Waals surface area contributed by atoms with Crippen molar-refractivity contribution in [3.8, 4) is 0 Å². The second-order valence-electron chi connectivity index (χ2n) is 4.41. The van der Waals surface area contributed by atoms with Gasteiger partial charge in [0.05, 0.1) is 6.61 Å². The first-order valence-corrected chi connectivity index (χ1v) is 6.76. The van der Waals surface area contributed by atoms with Crippen LogP contribution in [0.15, 0.2) is 0 Å². The third-order valence-electron chi connectivity index (χ3n) is 2.77. The average Bonchev–Trinajstić information content (AvgIpc) is 2.70. The molecule has 1 fully saturated rings. The van der Waals surface area contributed by atoms with Gasteiger partial charge in [-0.1, -0.05) is 6.42 Å². The SMILES string of the molecule is CCOC(=O)CCCCCC(=O)ON1C(=O)CCC1=O. The van der Waals surface area contributed by atoms with Crippen molar-refractivity contribution in [3.05, 3.63) is 0 Å². The lowest BCUT2D eigenvalue weighted by atomic mass is 10.1. The van der Waals surface area contributed by atoms with Gasteiger partial charge in [-0.3, -0.25) is 14.4 Å². The van der Waals surface area contributed by atoms with Crippen LogP contribution < -0.4 is 0 Å². The summed E-state index contributed by atoms with van der Waals surface area (Å²) >= 11 is 0. The number of hydrogen-bond acceptors (Lipinski definition) is 6. The molecule has 0 atom stereocenters. The monoisotopic (exact) mass is 285 g/mol. The summed E-state index contributed by atoms with van der Waals surface area (Å²) in [7, 11) is 0. The Hall–Kier alpha value is -1.92. The van der Waals surface area contributed by atoms with Crippen molar-refractivity contribution >= 4 is 23.8 Å². The second kappa shape index (κ2) is 8.29. The van der Waals surface area contributed by atoms with Crippen LogP contribution >= 0.6 is 0 Å². The summed E-state index contributed by atoms with van der Waals surface area (Å²) in [4.78, 5) is 49.6. The van der Waals surface area contributed by atoms with Gasteiger partial charge in [0.1, 0.15) is 0 Å². The molecule has 0 aromatic rings. The highest BCUT2D eigenvalue weighted by molar-refractivity contribution is 6.01. The largest absolute Gasteiger partial charge is 0.466 e. The smallest absolute Gasteiger partial charge is 0.333 e. The van der Waals surface area contributed by atoms with E-state index in [1.54, 1.807) is 6.92 Å². The lowest BCUT2D eigenvalue weighted by molar-refractivity contribution is -0.197. The molecule has 112 valence electrons. The Morgan fingerprint density at radius 1 is 1.00 bits per heavy atom. The molecular weight excluding hydrogens is 266 g/mol. The van der Waals surface area contributed by atoms with Crippen LogP contribution in [0.3, 0.4) is 0 Å². The van der Waals surface area contributed by atoms with Crippen LogP contribution in [0.4, 0.5) is 0 Å². The van der Waals surface area contributed by atoms with Gasteiger partial charge in [-0.15, -0.1) is 5.06 Å². The van der Waals surface area contributed by atoms with Crippen LogP contribution in [0.25, 0.3) is 0 Å². The molecule has 0 unspecified atom stereocenters. The second-order valence-corrected chi connectivity index (χ2v) is 4.41. The minimum atomic E-state index is -0.607. The summed E-state index contributed by atoms with van der Waals surface area (Å²) in [6.07, 6.45) is 2.46. The molecule has 1 aliphatic rings. The lowest BCUT2D eigenvalue weighted by Crippen LogP contribution is -2.31. The molecular formula is C13H19NO6. The first-order valence-electron chi connectivity index (χ1n) is 6.76. The van der Waals surface area contributed by atoms with Gasteiger partial charge in [0.25, 0.3) is 11.8 Å². The van der Waals surface area contributed by atoms with Gasteiger partial charge in [0, 0.05) is 25.7 Å². The molecule has 7 nitrogen and oxygen atoms in total. The number of hydroxylamine groups is 2. The van der Waals surface area contributed by atoms with Gasteiger partial charge in [0.2, 0.25) is 0 Å². The van der Waals surface area contributed by atoms with Crippen molar-refractivity contribution in [2.45, 2.75) is 51.9 Å². The standard InChI is InChI=1S/C13H19NO6/c1-2-19-12(17)6-4-3-5-7-13(18)20-14-10(15)8-9-11(14)16/h2-9H2,1H3. The van der Waals surface area contributed by atoms with E-state index < -0.39 is 17.8 Å². The van der Waals surface area contributed by atoms with Gasteiger partial charge in [-0.2, -0.15) is 0 Å². The van der Waals surface area contributed by atoms with E-state index in [1.165, 1.54) is 0 Å². The predicted octanol–water partition coefficient (Wildman–Crippen LogP) is 1.11. The van der Waals surface area contributed by atoms with Gasteiger partial charge in [-0.05, 0) is 19.8 Å². The normalized spacial score (nSPS) is 14.6. The summed E-state index contributed by atoms with van der Waals surface area (Å²) in [5.74, 6) is -1.82. The molecule has 1 rings (SSSR count). The molecule has 20 heavy (non-hydrogen) atoms. The molecule has 7 heteroatoms. The zero-order chi connectivity index (χ0) is 15.0. The Morgan fingerprint density at radius 2 is 1.55 bits per heavy atom. The Morgan fingerprint density at radius 3 is 2.10 bits per heavy atom. The highest BCUT2D eigenvalue weighted by atomic mass is 16.7. The van der Waals surface area contributed by atoms with E-state index in [2.05, 4.69) is 0 Å². The van der Waals surface area contributed by atoms with Gasteiger partial charge >= 0.3 is 11.9 Å². The maximum atomic E-state index is 11.4. The van der Waals surface area contributed by atoms with Crippen LogP contribution in [-0.2, 0) is 28.8 Å². The molecule has 0 aromatic heterocycles. The van der Waals surface area contributed by atoms with E-state index in [9.17, 15) is 19.2 Å². The summed E-state index contributed by atoms with van der Waals surface area (Å²) in [6.45, 7) is 2.11. The predicted molar refractivity (Wildman–Crippen MR) is 66.9 cm³/mol. The Balaban J connectivity index is 2.10. The quantitative estimate of drug-likeness (QED) is 0.377. The summed E-state index contributed by atoms with van der Waals surface area (Å²) in [6, 6.07) is 0. The van der Waals surface area contributed by atoms with Crippen molar-refractivity contribution in [2.24, 2.45) is 0 Å². The molecule has 1 aliphatic heterocycles. The minimum Gasteiger partial charge on any atom is -0.466 e. The van der Waals surface area contributed by atoms with E-state index >= 15 is 0 Å². The van der Waals surface area contributed by atoms with Gasteiger partial charge in [-0.25, -0.2) is 4.79 Å². The number of nitrogens with zero attached hydrogens (tertiary/aromatic N) is 1. The number of hydrogen-bond donors (Lipinski definition) is 0. The molecule has 0 saturated carbocycles. The number of rotatable bonds is 8. The molecule has 0 N–H and O–H groups in total. The topological polar surface area (TPSA) is 90.0 Å². The lowest BCUT2D eigenvalue weighted by Gasteiger charge is -2.12. The Kier molecular flexibility index (Phi) is 6.69. The van der Waals surface area contributed by atoms with Crippen LogP contribution in [0.1, 0.15) is 51.9 Å². The van der Waals surface area contributed by atoms with E-state index in [4.69, 9.17) is 9.57 Å². The van der Waals surface area contributed by atoms with E-state index in [1.807, 2.05) is 0 Å². The summed E-state index contributed by atoms with van der Waals surface area (Å²) in [5, 5.41) is 0.543.